The van der Waals surface area contributed by atoms with E-state index in [0.717, 1.165) is 16.9 Å². The van der Waals surface area contributed by atoms with E-state index in [1.54, 1.807) is 11.8 Å². The molecule has 1 aromatic carbocycles. The van der Waals surface area contributed by atoms with Crippen molar-refractivity contribution >= 4 is 30.2 Å². The predicted molar refractivity (Wildman–Crippen MR) is 61.8 cm³/mol. The molecule has 0 N–H and O–H groups in total. The average molecular weight is 212 g/mol. The van der Waals surface area contributed by atoms with Gasteiger partial charge in [-0.25, -0.2) is 0 Å². The molecular formula is C10H12OS2. The van der Waals surface area contributed by atoms with Crippen LogP contribution in [-0.2, 0) is 5.75 Å². The summed E-state index contributed by atoms with van der Waals surface area (Å²) in [4.78, 5) is 11.4. The minimum Gasteiger partial charge on any atom is -0.293 e. The standard InChI is InChI=1S/C10H12OS2/c1-13-7-10(11)9-4-2-8(6-12)3-5-9/h2-5,12H,6-7H2,1H3. The zero-order valence-corrected chi connectivity index (χ0v) is 9.20. The molecule has 0 aliphatic heterocycles. The molecule has 0 saturated heterocycles. The van der Waals surface area contributed by atoms with Gasteiger partial charge in [0, 0.05) is 11.3 Å². The van der Waals surface area contributed by atoms with E-state index in [-0.39, 0.29) is 5.78 Å². The van der Waals surface area contributed by atoms with E-state index in [4.69, 9.17) is 0 Å². The predicted octanol–water partition coefficient (Wildman–Crippen LogP) is 2.66. The molecule has 0 bridgehead atoms. The average Bonchev–Trinajstić information content (AvgIpc) is 2.18. The van der Waals surface area contributed by atoms with Gasteiger partial charge in [0.2, 0.25) is 0 Å². The molecule has 13 heavy (non-hydrogen) atoms. The van der Waals surface area contributed by atoms with Gasteiger partial charge < -0.3 is 0 Å². The number of benzene rings is 1. The molecule has 0 unspecified atom stereocenters. The molecule has 70 valence electrons. The third-order valence-electron chi connectivity index (χ3n) is 1.73. The molecule has 0 aliphatic carbocycles. The van der Waals surface area contributed by atoms with Crippen molar-refractivity contribution in [1.82, 2.24) is 0 Å². The third-order valence-corrected chi connectivity index (χ3v) is 2.65. The number of hydrogen-bond donors (Lipinski definition) is 1. The molecule has 0 amide bonds. The monoisotopic (exact) mass is 212 g/mol. The fourth-order valence-electron chi connectivity index (χ4n) is 1.01. The smallest absolute Gasteiger partial charge is 0.172 e. The maximum Gasteiger partial charge on any atom is 0.172 e. The Balaban J connectivity index is 2.74. The summed E-state index contributed by atoms with van der Waals surface area (Å²) >= 11 is 5.70. The molecule has 3 heteroatoms. The van der Waals surface area contributed by atoms with E-state index in [9.17, 15) is 4.79 Å². The molecule has 0 spiro atoms. The SMILES string of the molecule is CSCC(=O)c1ccc(CS)cc1. The number of thiol groups is 1. The van der Waals surface area contributed by atoms with Gasteiger partial charge in [-0.15, -0.1) is 0 Å². The quantitative estimate of drug-likeness (QED) is 0.610. The van der Waals surface area contributed by atoms with Gasteiger partial charge in [0.05, 0.1) is 5.75 Å². The molecule has 1 nitrogen and oxygen atoms in total. The zero-order valence-electron chi connectivity index (χ0n) is 7.49. The van der Waals surface area contributed by atoms with Crippen molar-refractivity contribution in [3.63, 3.8) is 0 Å². The highest BCUT2D eigenvalue weighted by Gasteiger charge is 2.03. The van der Waals surface area contributed by atoms with Gasteiger partial charge in [-0.3, -0.25) is 4.79 Å². The minimum absolute atomic E-state index is 0.193. The highest BCUT2D eigenvalue weighted by molar-refractivity contribution is 7.99. The number of carbonyl (C=O) groups is 1. The minimum atomic E-state index is 0.193. The summed E-state index contributed by atoms with van der Waals surface area (Å²) in [7, 11) is 0. The normalized spacial score (nSPS) is 10.0. The van der Waals surface area contributed by atoms with E-state index < -0.39 is 0 Å². The maximum absolute atomic E-state index is 11.4. The summed E-state index contributed by atoms with van der Waals surface area (Å²) in [6.45, 7) is 0. The molecule has 0 fully saturated rings. The molecule has 0 saturated carbocycles. The molecule has 0 aliphatic rings. The van der Waals surface area contributed by atoms with Gasteiger partial charge in [0.25, 0.3) is 0 Å². The second-order valence-electron chi connectivity index (χ2n) is 2.71. The second kappa shape index (κ2) is 5.35. The summed E-state index contributed by atoms with van der Waals surface area (Å²) in [6.07, 6.45) is 1.93. The van der Waals surface area contributed by atoms with Crippen LogP contribution in [0.25, 0.3) is 0 Å². The Labute approximate surface area is 88.3 Å². The second-order valence-corrected chi connectivity index (χ2v) is 3.89. The van der Waals surface area contributed by atoms with Crippen LogP contribution in [0.15, 0.2) is 24.3 Å². The van der Waals surface area contributed by atoms with Crippen LogP contribution in [-0.4, -0.2) is 17.8 Å². The topological polar surface area (TPSA) is 17.1 Å². The van der Waals surface area contributed by atoms with Gasteiger partial charge in [0.15, 0.2) is 5.78 Å². The van der Waals surface area contributed by atoms with Crippen molar-refractivity contribution in [2.75, 3.05) is 12.0 Å². The lowest BCUT2D eigenvalue weighted by molar-refractivity contribution is 0.102. The Hall–Kier alpha value is -0.410. The summed E-state index contributed by atoms with van der Waals surface area (Å²) in [5.74, 6) is 1.47. The summed E-state index contributed by atoms with van der Waals surface area (Å²) in [5, 5.41) is 0. The van der Waals surface area contributed by atoms with E-state index >= 15 is 0 Å². The van der Waals surface area contributed by atoms with Crippen LogP contribution in [0.5, 0.6) is 0 Å². The highest BCUT2D eigenvalue weighted by Crippen LogP contribution is 2.09. The highest BCUT2D eigenvalue weighted by atomic mass is 32.2. The number of Topliss-reactive ketones (excluding diaryl/α,β-unsaturated/α-hetero) is 1. The van der Waals surface area contributed by atoms with Crippen molar-refractivity contribution in [3.8, 4) is 0 Å². The molecule has 0 radical (unpaired) electrons. The van der Waals surface area contributed by atoms with E-state index in [2.05, 4.69) is 12.6 Å². The first-order chi connectivity index (χ1) is 6.27. The molecule has 0 atom stereocenters. The Kier molecular flexibility index (Phi) is 4.39. The number of carbonyl (C=O) groups excluding carboxylic acids is 1. The summed E-state index contributed by atoms with van der Waals surface area (Å²) < 4.78 is 0. The Morgan fingerprint density at radius 3 is 2.46 bits per heavy atom. The van der Waals surface area contributed by atoms with Gasteiger partial charge in [0.1, 0.15) is 0 Å². The molecule has 1 rings (SSSR count). The Morgan fingerprint density at radius 1 is 1.38 bits per heavy atom. The number of hydrogen-bond acceptors (Lipinski definition) is 3. The lowest BCUT2D eigenvalue weighted by Gasteiger charge is -2.00. The van der Waals surface area contributed by atoms with Crippen molar-refractivity contribution in [3.05, 3.63) is 35.4 Å². The van der Waals surface area contributed by atoms with Crippen LogP contribution in [0.3, 0.4) is 0 Å². The molecular weight excluding hydrogens is 200 g/mol. The van der Waals surface area contributed by atoms with Crippen LogP contribution >= 0.6 is 24.4 Å². The largest absolute Gasteiger partial charge is 0.293 e. The molecule has 1 aromatic rings. The first-order valence-corrected chi connectivity index (χ1v) is 6.02. The fraction of sp³-hybridized carbons (Fsp3) is 0.300. The van der Waals surface area contributed by atoms with Crippen LogP contribution in [0.4, 0.5) is 0 Å². The van der Waals surface area contributed by atoms with Crippen molar-refractivity contribution in [2.24, 2.45) is 0 Å². The Morgan fingerprint density at radius 2 is 2.00 bits per heavy atom. The summed E-state index contributed by atoms with van der Waals surface area (Å²) in [5.41, 5.74) is 1.93. The van der Waals surface area contributed by atoms with E-state index in [1.165, 1.54) is 0 Å². The lowest BCUT2D eigenvalue weighted by Crippen LogP contribution is -2.01. The summed E-state index contributed by atoms with van der Waals surface area (Å²) in [6, 6.07) is 7.62. The van der Waals surface area contributed by atoms with Gasteiger partial charge in [-0.1, -0.05) is 24.3 Å². The number of thioether (sulfide) groups is 1. The molecule has 0 heterocycles. The number of ketones is 1. The first kappa shape index (κ1) is 10.7. The Bertz CT molecular complexity index is 279. The van der Waals surface area contributed by atoms with Crippen LogP contribution in [0.1, 0.15) is 15.9 Å². The van der Waals surface area contributed by atoms with E-state index in [0.29, 0.717) is 5.75 Å². The van der Waals surface area contributed by atoms with Crippen molar-refractivity contribution in [2.45, 2.75) is 5.75 Å². The van der Waals surface area contributed by atoms with Gasteiger partial charge in [-0.2, -0.15) is 24.4 Å². The maximum atomic E-state index is 11.4. The van der Waals surface area contributed by atoms with Gasteiger partial charge >= 0.3 is 0 Å². The van der Waals surface area contributed by atoms with E-state index in [1.807, 2.05) is 30.5 Å². The zero-order chi connectivity index (χ0) is 9.68. The molecule has 0 aromatic heterocycles. The van der Waals surface area contributed by atoms with Crippen LogP contribution in [0.2, 0.25) is 0 Å². The number of rotatable bonds is 4. The van der Waals surface area contributed by atoms with Gasteiger partial charge in [-0.05, 0) is 11.8 Å². The fourth-order valence-corrected chi connectivity index (χ4v) is 1.65. The van der Waals surface area contributed by atoms with Crippen molar-refractivity contribution in [1.29, 1.82) is 0 Å². The van der Waals surface area contributed by atoms with Crippen LogP contribution < -0.4 is 0 Å². The lowest BCUT2D eigenvalue weighted by atomic mass is 10.1. The first-order valence-electron chi connectivity index (χ1n) is 4.00. The van der Waals surface area contributed by atoms with Crippen LogP contribution in [0, 0.1) is 0 Å². The van der Waals surface area contributed by atoms with Crippen molar-refractivity contribution < 1.29 is 4.79 Å². The third kappa shape index (κ3) is 3.08.